The van der Waals surface area contributed by atoms with Crippen molar-refractivity contribution in [3.63, 3.8) is 0 Å². The Morgan fingerprint density at radius 1 is 1.28 bits per heavy atom. The van der Waals surface area contributed by atoms with Crippen LogP contribution in [-0.2, 0) is 4.79 Å². The molecule has 0 bridgehead atoms. The summed E-state index contributed by atoms with van der Waals surface area (Å²) in [5.74, 6) is -1.17. The van der Waals surface area contributed by atoms with Crippen molar-refractivity contribution >= 4 is 12.0 Å². The molecule has 18 heavy (non-hydrogen) atoms. The van der Waals surface area contributed by atoms with E-state index in [4.69, 9.17) is 15.3 Å². The van der Waals surface area contributed by atoms with Crippen molar-refractivity contribution in [3.8, 4) is 0 Å². The lowest BCUT2D eigenvalue weighted by molar-refractivity contribution is -0.139. The highest BCUT2D eigenvalue weighted by Gasteiger charge is 2.30. The predicted molar refractivity (Wildman–Crippen MR) is 63.1 cm³/mol. The van der Waals surface area contributed by atoms with Gasteiger partial charge in [0.25, 0.3) is 0 Å². The van der Waals surface area contributed by atoms with Crippen molar-refractivity contribution in [1.29, 1.82) is 0 Å². The first-order valence-electron chi connectivity index (χ1n) is 6.11. The maximum absolute atomic E-state index is 11.9. The minimum atomic E-state index is -1.17. The van der Waals surface area contributed by atoms with E-state index in [1.54, 1.807) is 0 Å². The third-order valence-corrected chi connectivity index (χ3v) is 3.13. The van der Waals surface area contributed by atoms with Crippen LogP contribution >= 0.6 is 0 Å². The molecule has 1 fully saturated rings. The number of rotatable bonds is 7. The van der Waals surface area contributed by atoms with Crippen LogP contribution < -0.4 is 5.32 Å². The van der Waals surface area contributed by atoms with Crippen LogP contribution in [0.1, 0.15) is 25.7 Å². The van der Waals surface area contributed by atoms with Crippen LogP contribution in [0.3, 0.4) is 0 Å². The highest BCUT2D eigenvalue weighted by molar-refractivity contribution is 5.82. The molecule has 7 nitrogen and oxygen atoms in total. The zero-order valence-corrected chi connectivity index (χ0v) is 10.2. The van der Waals surface area contributed by atoms with Gasteiger partial charge in [0.2, 0.25) is 0 Å². The van der Waals surface area contributed by atoms with Crippen LogP contribution in [0.4, 0.5) is 4.79 Å². The summed E-state index contributed by atoms with van der Waals surface area (Å²) < 4.78 is 0. The number of hydrogen-bond acceptors (Lipinski definition) is 4. The van der Waals surface area contributed by atoms with E-state index in [1.807, 2.05) is 0 Å². The molecule has 0 spiro atoms. The van der Waals surface area contributed by atoms with Gasteiger partial charge < -0.3 is 25.5 Å². The molecule has 1 atom stereocenters. The first kappa shape index (κ1) is 14.7. The van der Waals surface area contributed by atoms with Crippen molar-refractivity contribution in [2.45, 2.75) is 37.8 Å². The molecular formula is C11H20N2O5. The number of nitrogens with one attached hydrogen (secondary N) is 1. The van der Waals surface area contributed by atoms with Gasteiger partial charge in [-0.25, -0.2) is 9.59 Å². The van der Waals surface area contributed by atoms with E-state index in [0.29, 0.717) is 0 Å². The molecule has 0 aromatic rings. The van der Waals surface area contributed by atoms with Crippen LogP contribution in [0, 0.1) is 0 Å². The summed E-state index contributed by atoms with van der Waals surface area (Å²) in [5.41, 5.74) is 0. The molecular weight excluding hydrogens is 240 g/mol. The second kappa shape index (κ2) is 7.17. The first-order chi connectivity index (χ1) is 8.60. The Kier molecular flexibility index (Phi) is 5.87. The SMILES string of the molecule is O=C(O)C(CCO)NC(=O)N(CCO)C1CCC1. The minimum absolute atomic E-state index is 0.0291. The van der Waals surface area contributed by atoms with E-state index >= 15 is 0 Å². The third-order valence-electron chi connectivity index (χ3n) is 3.13. The van der Waals surface area contributed by atoms with E-state index in [1.165, 1.54) is 4.90 Å². The minimum Gasteiger partial charge on any atom is -0.480 e. The summed E-state index contributed by atoms with van der Waals surface area (Å²) in [5, 5.41) is 28.9. The third kappa shape index (κ3) is 3.85. The van der Waals surface area contributed by atoms with Gasteiger partial charge in [0.15, 0.2) is 0 Å². The summed E-state index contributed by atoms with van der Waals surface area (Å²) in [7, 11) is 0. The maximum atomic E-state index is 11.9. The highest BCUT2D eigenvalue weighted by atomic mass is 16.4. The molecule has 7 heteroatoms. The monoisotopic (exact) mass is 260 g/mol. The second-order valence-electron chi connectivity index (χ2n) is 4.35. The van der Waals surface area contributed by atoms with Gasteiger partial charge in [0, 0.05) is 25.6 Å². The van der Waals surface area contributed by atoms with Gasteiger partial charge in [-0.3, -0.25) is 0 Å². The largest absolute Gasteiger partial charge is 0.480 e. The van der Waals surface area contributed by atoms with Crippen molar-refractivity contribution in [2.24, 2.45) is 0 Å². The van der Waals surface area contributed by atoms with Gasteiger partial charge in [-0.05, 0) is 19.3 Å². The van der Waals surface area contributed by atoms with Crippen LogP contribution in [0.25, 0.3) is 0 Å². The molecule has 104 valence electrons. The summed E-state index contributed by atoms with van der Waals surface area (Å²) >= 11 is 0. The predicted octanol–water partition coefficient (Wildman–Crippen LogP) is -0.622. The maximum Gasteiger partial charge on any atom is 0.326 e. The molecule has 0 radical (unpaired) electrons. The summed E-state index contributed by atoms with van der Waals surface area (Å²) in [4.78, 5) is 24.2. The van der Waals surface area contributed by atoms with Gasteiger partial charge >= 0.3 is 12.0 Å². The molecule has 1 rings (SSSR count). The number of amides is 2. The molecule has 0 heterocycles. The lowest BCUT2D eigenvalue weighted by Gasteiger charge is -2.37. The van der Waals surface area contributed by atoms with Gasteiger partial charge in [0.05, 0.1) is 6.61 Å². The molecule has 1 unspecified atom stereocenters. The van der Waals surface area contributed by atoms with Crippen molar-refractivity contribution in [2.75, 3.05) is 19.8 Å². The van der Waals surface area contributed by atoms with Crippen molar-refractivity contribution in [3.05, 3.63) is 0 Å². The molecule has 0 aromatic heterocycles. The molecule has 2 amide bonds. The number of carboxylic acid groups (broad SMARTS) is 1. The van der Waals surface area contributed by atoms with E-state index in [9.17, 15) is 9.59 Å². The van der Waals surface area contributed by atoms with Gasteiger partial charge in [-0.15, -0.1) is 0 Å². The number of aliphatic hydroxyl groups is 2. The van der Waals surface area contributed by atoms with Crippen LogP contribution in [0.15, 0.2) is 0 Å². The van der Waals surface area contributed by atoms with E-state index in [0.717, 1.165) is 19.3 Å². The lowest BCUT2D eigenvalue weighted by atomic mass is 9.91. The summed E-state index contributed by atoms with van der Waals surface area (Å²) in [6.07, 6.45) is 2.77. The summed E-state index contributed by atoms with van der Waals surface area (Å²) in [6, 6.07) is -1.50. The normalized spacial score (nSPS) is 16.8. The molecule has 0 saturated heterocycles. The van der Waals surface area contributed by atoms with Crippen LogP contribution in [0.2, 0.25) is 0 Å². The Labute approximate surface area is 105 Å². The molecule has 0 aliphatic heterocycles. The van der Waals surface area contributed by atoms with E-state index < -0.39 is 18.0 Å². The highest BCUT2D eigenvalue weighted by Crippen LogP contribution is 2.24. The van der Waals surface area contributed by atoms with Crippen LogP contribution in [-0.4, -0.2) is 64.1 Å². The average Bonchev–Trinajstić information content (AvgIpc) is 2.25. The van der Waals surface area contributed by atoms with Crippen LogP contribution in [0.5, 0.6) is 0 Å². The Morgan fingerprint density at radius 2 is 1.94 bits per heavy atom. The average molecular weight is 260 g/mol. The quantitative estimate of drug-likeness (QED) is 0.487. The fourth-order valence-electron chi connectivity index (χ4n) is 1.87. The number of nitrogens with zero attached hydrogens (tertiary/aromatic N) is 1. The standard InChI is InChI=1S/C11H20N2O5/c14-6-4-9(10(16)17)12-11(18)13(5-7-15)8-2-1-3-8/h8-9,14-15H,1-7H2,(H,12,18)(H,16,17). The Bertz CT molecular complexity index is 293. The Morgan fingerprint density at radius 3 is 2.33 bits per heavy atom. The number of urea groups is 1. The fraction of sp³-hybridized carbons (Fsp3) is 0.818. The second-order valence-corrected chi connectivity index (χ2v) is 4.35. The molecule has 1 saturated carbocycles. The molecule has 4 N–H and O–H groups in total. The molecule has 1 aliphatic carbocycles. The van der Waals surface area contributed by atoms with E-state index in [-0.39, 0.29) is 32.2 Å². The number of aliphatic carboxylic acids is 1. The van der Waals surface area contributed by atoms with Crippen molar-refractivity contribution in [1.82, 2.24) is 10.2 Å². The molecule has 1 aliphatic rings. The summed E-state index contributed by atoms with van der Waals surface area (Å²) in [6.45, 7) is -0.260. The number of carbonyl (C=O) groups excluding carboxylic acids is 1. The Hall–Kier alpha value is -1.34. The number of carboxylic acids is 1. The zero-order valence-electron chi connectivity index (χ0n) is 10.2. The zero-order chi connectivity index (χ0) is 13.5. The van der Waals surface area contributed by atoms with Gasteiger partial charge in [-0.2, -0.15) is 0 Å². The smallest absolute Gasteiger partial charge is 0.326 e. The molecule has 0 aromatic carbocycles. The Balaban J connectivity index is 2.55. The van der Waals surface area contributed by atoms with Crippen molar-refractivity contribution < 1.29 is 24.9 Å². The number of hydrogen-bond donors (Lipinski definition) is 4. The number of aliphatic hydroxyl groups excluding tert-OH is 2. The van der Waals surface area contributed by atoms with Gasteiger partial charge in [0.1, 0.15) is 6.04 Å². The topological polar surface area (TPSA) is 110 Å². The fourth-order valence-corrected chi connectivity index (χ4v) is 1.87. The van der Waals surface area contributed by atoms with E-state index in [2.05, 4.69) is 5.32 Å². The van der Waals surface area contributed by atoms with Gasteiger partial charge in [-0.1, -0.05) is 0 Å². The lowest BCUT2D eigenvalue weighted by Crippen LogP contribution is -2.54. The first-order valence-corrected chi connectivity index (χ1v) is 6.11. The number of carbonyl (C=O) groups is 2.